The Morgan fingerprint density at radius 1 is 0.968 bits per heavy atom. The Bertz CT molecular complexity index is 966. The topological polar surface area (TPSA) is 155 Å². The van der Waals surface area contributed by atoms with E-state index in [-0.39, 0.29) is 35.3 Å². The number of halogens is 2. The molecule has 0 aliphatic heterocycles. The molecule has 0 aliphatic rings. The maximum absolute atomic E-state index is 13.3. The molecule has 4 N–H and O–H groups in total. The molecule has 0 atom stereocenters. The van der Waals surface area contributed by atoms with E-state index in [9.17, 15) is 18.4 Å². The first-order valence-electron chi connectivity index (χ1n) is 8.92. The molecule has 0 radical (unpaired) electrons. The highest BCUT2D eigenvalue weighted by Gasteiger charge is 2.21. The summed E-state index contributed by atoms with van der Waals surface area (Å²) in [4.78, 5) is 29.6. The molecule has 0 saturated carbocycles. The summed E-state index contributed by atoms with van der Waals surface area (Å²) in [6.45, 7) is 5.14. The number of carbonyl (C=O) groups is 2. The molecule has 166 valence electrons. The smallest absolute Gasteiger partial charge is 0.359 e. The second kappa shape index (κ2) is 12.6. The van der Waals surface area contributed by atoms with Crippen LogP contribution < -0.4 is 11.7 Å². The molecule has 31 heavy (non-hydrogen) atoms. The molecule has 0 bridgehead atoms. The van der Waals surface area contributed by atoms with Crippen LogP contribution in [0.4, 0.5) is 8.78 Å². The van der Waals surface area contributed by atoms with Crippen molar-refractivity contribution in [3.05, 3.63) is 59.7 Å². The lowest BCUT2D eigenvalue weighted by Crippen LogP contribution is -2.24. The average molecular weight is 436 g/mol. The highest BCUT2D eigenvalue weighted by molar-refractivity contribution is 6.43. The third-order valence-electron chi connectivity index (χ3n) is 3.29. The number of nitrogens with two attached hydrogens (primary N) is 2. The minimum absolute atomic E-state index is 0.0709. The van der Waals surface area contributed by atoms with Crippen molar-refractivity contribution in [1.29, 1.82) is 0 Å². The summed E-state index contributed by atoms with van der Waals surface area (Å²) in [6.07, 6.45) is 2.20. The Morgan fingerprint density at radius 3 is 1.77 bits per heavy atom. The van der Waals surface area contributed by atoms with Crippen LogP contribution in [0.1, 0.15) is 31.9 Å². The summed E-state index contributed by atoms with van der Waals surface area (Å²) < 4.78 is 36.0. The molecule has 0 aromatic carbocycles. The third kappa shape index (κ3) is 7.42. The van der Waals surface area contributed by atoms with Crippen LogP contribution in [-0.2, 0) is 19.1 Å². The molecule has 10 nitrogen and oxygen atoms in total. The van der Waals surface area contributed by atoms with Gasteiger partial charge in [0.05, 0.1) is 23.8 Å². The van der Waals surface area contributed by atoms with E-state index in [0.29, 0.717) is 0 Å². The van der Waals surface area contributed by atoms with Crippen molar-refractivity contribution in [2.24, 2.45) is 21.9 Å². The second-order valence-corrected chi connectivity index (χ2v) is 5.81. The first kappa shape index (κ1) is 25.1. The van der Waals surface area contributed by atoms with Crippen LogP contribution in [0.5, 0.6) is 0 Å². The van der Waals surface area contributed by atoms with Crippen molar-refractivity contribution in [2.45, 2.75) is 26.9 Å². The summed E-state index contributed by atoms with van der Waals surface area (Å²) in [5.74, 6) is 6.87. The molecular formula is C19H22F2N6O4. The van der Waals surface area contributed by atoms with Crippen molar-refractivity contribution >= 4 is 23.4 Å². The van der Waals surface area contributed by atoms with Gasteiger partial charge in [0.15, 0.2) is 11.4 Å². The number of ether oxygens (including phenoxy) is 2. The predicted octanol–water partition coefficient (Wildman–Crippen LogP) is 1.28. The Morgan fingerprint density at radius 2 is 1.42 bits per heavy atom. The molecular weight excluding hydrogens is 414 g/mol. The Balaban J connectivity index is 0.000000311. The highest BCUT2D eigenvalue weighted by atomic mass is 19.1. The van der Waals surface area contributed by atoms with Crippen LogP contribution in [0.25, 0.3) is 0 Å². The number of hydrogen-bond donors (Lipinski definition) is 2. The van der Waals surface area contributed by atoms with Gasteiger partial charge in [-0.25, -0.2) is 19.6 Å². The van der Waals surface area contributed by atoms with Crippen LogP contribution in [-0.4, -0.2) is 46.0 Å². The average Bonchev–Trinajstić information content (AvgIpc) is 2.72. The van der Waals surface area contributed by atoms with Gasteiger partial charge >= 0.3 is 11.9 Å². The summed E-state index contributed by atoms with van der Waals surface area (Å²) in [7, 11) is 0. The standard InChI is InChI=1S/C10H12FN3O2.C9H10FN3O2/c1-6(2)16-10(15)8(14-12)7-4-3-5-13-9(7)11;1-2-15-9(14)7(13-11)6-4-3-5-12-8(6)10/h3-6H,12H2,1-2H3;3-5H,2,11H2,1H3/b14-8-;13-7-. The first-order valence-corrected chi connectivity index (χ1v) is 8.92. The van der Waals surface area contributed by atoms with Crippen LogP contribution in [0.3, 0.4) is 0 Å². The third-order valence-corrected chi connectivity index (χ3v) is 3.29. The summed E-state index contributed by atoms with van der Waals surface area (Å²) in [6, 6.07) is 5.66. The Hall–Kier alpha value is -3.96. The van der Waals surface area contributed by atoms with E-state index in [2.05, 4.69) is 24.9 Å². The van der Waals surface area contributed by atoms with E-state index in [0.717, 1.165) is 0 Å². The zero-order chi connectivity index (χ0) is 23.4. The van der Waals surface area contributed by atoms with E-state index in [1.807, 2.05) is 0 Å². The van der Waals surface area contributed by atoms with Crippen LogP contribution in [0.2, 0.25) is 0 Å². The number of pyridine rings is 2. The lowest BCUT2D eigenvalue weighted by molar-refractivity contribution is -0.139. The van der Waals surface area contributed by atoms with Crippen molar-refractivity contribution in [1.82, 2.24) is 9.97 Å². The van der Waals surface area contributed by atoms with E-state index in [1.165, 1.54) is 36.7 Å². The quantitative estimate of drug-likeness (QED) is 0.226. The monoisotopic (exact) mass is 436 g/mol. The fourth-order valence-corrected chi connectivity index (χ4v) is 2.06. The molecule has 0 amide bonds. The van der Waals surface area contributed by atoms with Gasteiger partial charge in [-0.2, -0.15) is 19.0 Å². The second-order valence-electron chi connectivity index (χ2n) is 5.81. The summed E-state index contributed by atoms with van der Waals surface area (Å²) in [5.41, 5.74) is -0.698. The number of nitrogens with zero attached hydrogens (tertiary/aromatic N) is 4. The van der Waals surface area contributed by atoms with Gasteiger partial charge in [-0.1, -0.05) is 0 Å². The van der Waals surface area contributed by atoms with Crippen molar-refractivity contribution in [3.63, 3.8) is 0 Å². The zero-order valence-corrected chi connectivity index (χ0v) is 17.1. The van der Waals surface area contributed by atoms with Gasteiger partial charge < -0.3 is 21.2 Å². The minimum atomic E-state index is -0.813. The number of esters is 2. The minimum Gasteiger partial charge on any atom is -0.461 e. The van der Waals surface area contributed by atoms with Crippen molar-refractivity contribution in [3.8, 4) is 0 Å². The van der Waals surface area contributed by atoms with E-state index >= 15 is 0 Å². The van der Waals surface area contributed by atoms with E-state index < -0.39 is 23.8 Å². The summed E-state index contributed by atoms with van der Waals surface area (Å²) >= 11 is 0. The normalized spacial score (nSPS) is 11.4. The van der Waals surface area contributed by atoms with Gasteiger partial charge in [0, 0.05) is 12.4 Å². The molecule has 12 heteroatoms. The lowest BCUT2D eigenvalue weighted by atomic mass is 10.2. The molecule has 0 spiro atoms. The molecule has 0 fully saturated rings. The fourth-order valence-electron chi connectivity index (χ4n) is 2.06. The maximum Gasteiger partial charge on any atom is 0.359 e. The SMILES string of the molecule is CC(C)OC(=O)/C(=N\N)c1cccnc1F.CCOC(=O)/C(=N\N)c1cccnc1F. The fraction of sp³-hybridized carbons (Fsp3) is 0.263. The predicted molar refractivity (Wildman–Crippen MR) is 108 cm³/mol. The van der Waals surface area contributed by atoms with E-state index in [1.54, 1.807) is 20.8 Å². The lowest BCUT2D eigenvalue weighted by Gasteiger charge is -2.09. The Labute approximate surface area is 177 Å². The van der Waals surface area contributed by atoms with Crippen LogP contribution in [0.15, 0.2) is 46.9 Å². The zero-order valence-electron chi connectivity index (χ0n) is 17.1. The van der Waals surface area contributed by atoms with Gasteiger partial charge in [0.25, 0.3) is 0 Å². The number of hydrogen-bond acceptors (Lipinski definition) is 10. The molecule has 2 aromatic heterocycles. The van der Waals surface area contributed by atoms with Gasteiger partial charge in [0.1, 0.15) is 0 Å². The highest BCUT2D eigenvalue weighted by Crippen LogP contribution is 2.07. The number of hydrazone groups is 2. The largest absolute Gasteiger partial charge is 0.461 e. The van der Waals surface area contributed by atoms with Crippen molar-refractivity contribution < 1.29 is 27.8 Å². The van der Waals surface area contributed by atoms with Gasteiger partial charge in [-0.15, -0.1) is 0 Å². The molecule has 2 aromatic rings. The molecule has 0 saturated heterocycles. The summed E-state index contributed by atoms with van der Waals surface area (Å²) in [5, 5.41) is 6.43. The van der Waals surface area contributed by atoms with Gasteiger partial charge in [-0.05, 0) is 45.0 Å². The van der Waals surface area contributed by atoms with Gasteiger partial charge in [0.2, 0.25) is 11.9 Å². The van der Waals surface area contributed by atoms with E-state index in [4.69, 9.17) is 16.4 Å². The number of aromatic nitrogens is 2. The number of carbonyl (C=O) groups excluding carboxylic acids is 2. The molecule has 2 heterocycles. The maximum atomic E-state index is 13.3. The number of rotatable bonds is 6. The first-order chi connectivity index (χ1) is 14.8. The van der Waals surface area contributed by atoms with Crippen LogP contribution >= 0.6 is 0 Å². The van der Waals surface area contributed by atoms with Crippen molar-refractivity contribution in [2.75, 3.05) is 6.61 Å². The Kier molecular flexibility index (Phi) is 10.2. The van der Waals surface area contributed by atoms with Gasteiger partial charge in [-0.3, -0.25) is 0 Å². The molecule has 2 rings (SSSR count). The molecule has 0 unspecified atom stereocenters. The van der Waals surface area contributed by atoms with Crippen LogP contribution in [0, 0.1) is 11.9 Å². The molecule has 0 aliphatic carbocycles.